The van der Waals surface area contributed by atoms with Gasteiger partial charge in [0.1, 0.15) is 0 Å². The molecule has 0 saturated carbocycles. The number of benzene rings is 2. The van der Waals surface area contributed by atoms with Gasteiger partial charge in [-0.15, -0.1) is 0 Å². The third kappa shape index (κ3) is 4.17. The van der Waals surface area contributed by atoms with Crippen LogP contribution in [-0.4, -0.2) is 11.0 Å². The van der Waals surface area contributed by atoms with E-state index in [4.69, 9.17) is 35.4 Å². The highest BCUT2D eigenvalue weighted by Gasteiger charge is 2.10. The van der Waals surface area contributed by atoms with Crippen LogP contribution in [0.4, 0.5) is 5.69 Å². The van der Waals surface area contributed by atoms with Gasteiger partial charge in [0.2, 0.25) is 0 Å². The van der Waals surface area contributed by atoms with Crippen molar-refractivity contribution >= 4 is 52.1 Å². The number of halogens is 2. The smallest absolute Gasteiger partial charge is 0.257 e. The molecule has 2 rings (SSSR count). The third-order valence-electron chi connectivity index (χ3n) is 2.71. The van der Waals surface area contributed by atoms with E-state index in [9.17, 15) is 4.79 Å². The minimum Gasteiger partial charge on any atom is -0.331 e. The van der Waals surface area contributed by atoms with Gasteiger partial charge in [0.15, 0.2) is 5.11 Å². The summed E-state index contributed by atoms with van der Waals surface area (Å²) in [4.78, 5) is 12.1. The zero-order valence-corrected chi connectivity index (χ0v) is 13.4. The fraction of sp³-hybridized carbons (Fsp3) is 0.0667. The molecule has 0 aliphatic heterocycles. The molecule has 0 aliphatic rings. The molecule has 21 heavy (non-hydrogen) atoms. The maximum atomic E-state index is 12.1. The molecule has 108 valence electrons. The van der Waals surface area contributed by atoms with Crippen LogP contribution in [0.3, 0.4) is 0 Å². The highest BCUT2D eigenvalue weighted by Crippen LogP contribution is 2.29. The lowest BCUT2D eigenvalue weighted by Crippen LogP contribution is -2.34. The van der Waals surface area contributed by atoms with Gasteiger partial charge in [-0.25, -0.2) is 0 Å². The third-order valence-corrected chi connectivity index (χ3v) is 3.73. The normalized spacial score (nSPS) is 10.0. The van der Waals surface area contributed by atoms with Crippen molar-refractivity contribution in [1.82, 2.24) is 5.32 Å². The lowest BCUT2D eigenvalue weighted by molar-refractivity contribution is 0.0977. The van der Waals surface area contributed by atoms with Crippen molar-refractivity contribution in [3.05, 3.63) is 63.6 Å². The number of amides is 1. The molecule has 0 saturated heterocycles. The first-order chi connectivity index (χ1) is 9.97. The molecule has 0 unspecified atom stereocenters. The van der Waals surface area contributed by atoms with Crippen molar-refractivity contribution in [2.45, 2.75) is 6.92 Å². The highest BCUT2D eigenvalue weighted by atomic mass is 35.5. The maximum absolute atomic E-state index is 12.1. The summed E-state index contributed by atoms with van der Waals surface area (Å²) in [6, 6.07) is 12.4. The van der Waals surface area contributed by atoms with Crippen LogP contribution in [0.1, 0.15) is 15.9 Å². The monoisotopic (exact) mass is 338 g/mol. The second kappa shape index (κ2) is 6.89. The second-order valence-corrected chi connectivity index (χ2v) is 5.57. The molecule has 2 aromatic carbocycles. The average molecular weight is 339 g/mol. The van der Waals surface area contributed by atoms with E-state index in [1.165, 1.54) is 0 Å². The largest absolute Gasteiger partial charge is 0.331 e. The van der Waals surface area contributed by atoms with E-state index in [1.54, 1.807) is 30.3 Å². The Kier molecular flexibility index (Phi) is 5.17. The van der Waals surface area contributed by atoms with Gasteiger partial charge < -0.3 is 5.32 Å². The first-order valence-corrected chi connectivity index (χ1v) is 7.27. The number of nitrogens with one attached hydrogen (secondary N) is 2. The molecular formula is C15H12Cl2N2OS. The Morgan fingerprint density at radius 2 is 1.86 bits per heavy atom. The minimum absolute atomic E-state index is 0.158. The summed E-state index contributed by atoms with van der Waals surface area (Å²) in [6.45, 7) is 1.92. The van der Waals surface area contributed by atoms with Gasteiger partial charge in [0.05, 0.1) is 15.7 Å². The summed E-state index contributed by atoms with van der Waals surface area (Å²) >= 11 is 17.1. The summed E-state index contributed by atoms with van der Waals surface area (Å²) in [6.07, 6.45) is 0. The molecule has 0 bridgehead atoms. The molecular weight excluding hydrogens is 327 g/mol. The summed E-state index contributed by atoms with van der Waals surface area (Å²) in [5.41, 5.74) is 2.08. The van der Waals surface area contributed by atoms with Crippen LogP contribution in [0.25, 0.3) is 0 Å². The number of carbonyl (C=O) groups is 1. The van der Waals surface area contributed by atoms with E-state index >= 15 is 0 Å². The molecule has 0 atom stereocenters. The highest BCUT2D eigenvalue weighted by molar-refractivity contribution is 7.80. The molecule has 0 spiro atoms. The fourth-order valence-electron chi connectivity index (χ4n) is 1.72. The average Bonchev–Trinajstić information content (AvgIpc) is 2.44. The van der Waals surface area contributed by atoms with Crippen molar-refractivity contribution in [3.8, 4) is 0 Å². The number of hydrogen-bond donors (Lipinski definition) is 2. The molecule has 0 heterocycles. The van der Waals surface area contributed by atoms with Gasteiger partial charge in [0, 0.05) is 5.56 Å². The summed E-state index contributed by atoms with van der Waals surface area (Å²) < 4.78 is 0. The first-order valence-electron chi connectivity index (χ1n) is 6.10. The van der Waals surface area contributed by atoms with Gasteiger partial charge in [-0.2, -0.15) is 0 Å². The van der Waals surface area contributed by atoms with E-state index in [-0.39, 0.29) is 11.0 Å². The topological polar surface area (TPSA) is 41.1 Å². The van der Waals surface area contributed by atoms with Gasteiger partial charge in [0.25, 0.3) is 5.91 Å². The van der Waals surface area contributed by atoms with Crippen molar-refractivity contribution in [3.63, 3.8) is 0 Å². The Balaban J connectivity index is 2.05. The molecule has 2 aromatic rings. The summed E-state index contributed by atoms with van der Waals surface area (Å²) in [7, 11) is 0. The Bertz CT molecular complexity index is 704. The van der Waals surface area contributed by atoms with E-state index in [2.05, 4.69) is 10.6 Å². The van der Waals surface area contributed by atoms with Crippen molar-refractivity contribution in [2.24, 2.45) is 0 Å². The second-order valence-electron chi connectivity index (χ2n) is 4.38. The zero-order valence-electron chi connectivity index (χ0n) is 11.1. The van der Waals surface area contributed by atoms with Crippen LogP contribution in [-0.2, 0) is 0 Å². The minimum atomic E-state index is -0.283. The van der Waals surface area contributed by atoms with E-state index in [1.807, 2.05) is 19.1 Å². The lowest BCUT2D eigenvalue weighted by Gasteiger charge is -2.11. The Labute approximate surface area is 138 Å². The lowest BCUT2D eigenvalue weighted by atomic mass is 10.1. The van der Waals surface area contributed by atoms with Crippen LogP contribution in [0, 0.1) is 6.92 Å². The Hall–Kier alpha value is -1.62. The standard InChI is InChI=1S/C15H12Cl2N2OS/c1-9-4-2-5-10(8-9)14(20)19-15(21)18-12-7-3-6-11(16)13(12)17/h2-8H,1H3,(H2,18,19,20,21). The van der Waals surface area contributed by atoms with Gasteiger partial charge >= 0.3 is 0 Å². The maximum Gasteiger partial charge on any atom is 0.257 e. The molecule has 3 nitrogen and oxygen atoms in total. The molecule has 1 amide bonds. The number of hydrogen-bond acceptors (Lipinski definition) is 2. The van der Waals surface area contributed by atoms with Crippen LogP contribution in [0.5, 0.6) is 0 Å². The first kappa shape index (κ1) is 15.8. The Morgan fingerprint density at radius 3 is 2.57 bits per heavy atom. The molecule has 2 N–H and O–H groups in total. The van der Waals surface area contributed by atoms with E-state index < -0.39 is 0 Å². The number of rotatable bonds is 2. The number of thiocarbonyl (C=S) groups is 1. The summed E-state index contributed by atoms with van der Waals surface area (Å²) in [5.74, 6) is -0.283. The summed E-state index contributed by atoms with van der Waals surface area (Å²) in [5, 5.41) is 6.37. The van der Waals surface area contributed by atoms with Crippen LogP contribution in [0.2, 0.25) is 10.0 Å². The number of aryl methyl sites for hydroxylation is 1. The molecule has 6 heteroatoms. The van der Waals surface area contributed by atoms with Crippen LogP contribution in [0.15, 0.2) is 42.5 Å². The number of anilines is 1. The van der Waals surface area contributed by atoms with Crippen LogP contribution >= 0.6 is 35.4 Å². The van der Waals surface area contributed by atoms with Crippen LogP contribution < -0.4 is 10.6 Å². The number of carbonyl (C=O) groups excluding carboxylic acids is 1. The quantitative estimate of drug-likeness (QED) is 0.796. The predicted octanol–water partition coefficient (Wildman–Crippen LogP) is 4.43. The SMILES string of the molecule is Cc1cccc(C(=O)NC(=S)Nc2cccc(Cl)c2Cl)c1. The predicted molar refractivity (Wildman–Crippen MR) is 91.3 cm³/mol. The van der Waals surface area contributed by atoms with E-state index in [0.717, 1.165) is 5.56 Å². The molecule has 0 fully saturated rings. The van der Waals surface area contributed by atoms with Gasteiger partial charge in [-0.1, -0.05) is 47.0 Å². The van der Waals surface area contributed by atoms with Gasteiger partial charge in [-0.3, -0.25) is 10.1 Å². The fourth-order valence-corrected chi connectivity index (χ4v) is 2.27. The zero-order chi connectivity index (χ0) is 15.4. The van der Waals surface area contributed by atoms with Crippen molar-refractivity contribution in [2.75, 3.05) is 5.32 Å². The Morgan fingerprint density at radius 1 is 1.14 bits per heavy atom. The molecule has 0 aliphatic carbocycles. The van der Waals surface area contributed by atoms with Gasteiger partial charge in [-0.05, 0) is 43.4 Å². The molecule has 0 aromatic heterocycles. The molecule has 0 radical (unpaired) electrons. The van der Waals surface area contributed by atoms with Crippen molar-refractivity contribution in [1.29, 1.82) is 0 Å². The van der Waals surface area contributed by atoms with E-state index in [0.29, 0.717) is 21.3 Å². The van der Waals surface area contributed by atoms with Crippen molar-refractivity contribution < 1.29 is 4.79 Å².